The lowest BCUT2D eigenvalue weighted by Crippen LogP contribution is -2.30. The van der Waals surface area contributed by atoms with Crippen LogP contribution in [0.15, 0.2) is 10.6 Å². The zero-order chi connectivity index (χ0) is 14.0. The molecule has 1 N–H and O–H groups in total. The molecule has 1 aliphatic rings. The number of nitrogens with zero attached hydrogens (tertiary/aromatic N) is 2. The Labute approximate surface area is 111 Å². The summed E-state index contributed by atoms with van der Waals surface area (Å²) in [5.74, 6) is -0.531. The Kier molecular flexibility index (Phi) is 3.77. The normalized spacial score (nSPS) is 19.5. The van der Waals surface area contributed by atoms with Crippen molar-refractivity contribution in [2.24, 2.45) is 0 Å². The van der Waals surface area contributed by atoms with E-state index in [-0.39, 0.29) is 11.6 Å². The number of rotatable bonds is 3. The first-order valence-corrected chi connectivity index (χ1v) is 6.16. The molecule has 2 rings (SSSR count). The Morgan fingerprint density at radius 1 is 1.58 bits per heavy atom. The Hall–Kier alpha value is -1.60. The molecule has 0 saturated carbocycles. The average molecular weight is 270 g/mol. The molecule has 0 spiro atoms. The van der Waals surface area contributed by atoms with Gasteiger partial charge in [0.05, 0.1) is 0 Å². The second kappa shape index (κ2) is 5.18. The minimum absolute atomic E-state index is 0.0157. The summed E-state index contributed by atoms with van der Waals surface area (Å²) in [7, 11) is 0. The van der Waals surface area contributed by atoms with Crippen LogP contribution in [-0.4, -0.2) is 34.8 Å². The maximum Gasteiger partial charge on any atom is 0.361 e. The number of carbonyl (C=O) groups is 1. The van der Waals surface area contributed by atoms with E-state index >= 15 is 0 Å². The smallest absolute Gasteiger partial charge is 0.361 e. The number of esters is 1. The second-order valence-corrected chi connectivity index (χ2v) is 5.36. The van der Waals surface area contributed by atoms with Crippen molar-refractivity contribution in [2.75, 3.05) is 11.7 Å². The van der Waals surface area contributed by atoms with E-state index in [4.69, 9.17) is 14.0 Å². The molecule has 0 amide bonds. The summed E-state index contributed by atoms with van der Waals surface area (Å²) in [6.07, 6.45) is 1.10. The van der Waals surface area contributed by atoms with E-state index in [0.717, 1.165) is 11.5 Å². The van der Waals surface area contributed by atoms with Gasteiger partial charge in [-0.3, -0.25) is 5.21 Å². The molecule has 7 heteroatoms. The molecule has 0 radical (unpaired) electrons. The Bertz CT molecular complexity index is 445. The molecule has 0 aliphatic carbocycles. The van der Waals surface area contributed by atoms with Crippen molar-refractivity contribution >= 4 is 11.9 Å². The molecule has 19 heavy (non-hydrogen) atoms. The van der Waals surface area contributed by atoms with Crippen LogP contribution in [0.3, 0.4) is 0 Å². The number of anilines is 1. The van der Waals surface area contributed by atoms with Gasteiger partial charge in [0.2, 0.25) is 0 Å². The maximum atomic E-state index is 11.7. The number of aromatic nitrogens is 1. The number of ether oxygens (including phenoxy) is 2. The van der Waals surface area contributed by atoms with E-state index in [2.05, 4.69) is 5.16 Å². The highest BCUT2D eigenvalue weighted by molar-refractivity contribution is 5.88. The standard InChI is InChI=1S/C12H18N2O5/c1-12(2,3)18-11(15)8-7-10(19-13-8)14(16)9-5-4-6-17-9/h7,9,16H,4-6H2,1-3H3. The second-order valence-electron chi connectivity index (χ2n) is 5.36. The molecular formula is C12H18N2O5. The minimum atomic E-state index is -0.607. The Morgan fingerprint density at radius 2 is 2.32 bits per heavy atom. The molecule has 2 heterocycles. The van der Waals surface area contributed by atoms with Gasteiger partial charge < -0.3 is 14.0 Å². The van der Waals surface area contributed by atoms with E-state index in [0.29, 0.717) is 13.0 Å². The summed E-state index contributed by atoms with van der Waals surface area (Å²) >= 11 is 0. The third kappa shape index (κ3) is 3.45. The van der Waals surface area contributed by atoms with Crippen molar-refractivity contribution in [1.82, 2.24) is 5.16 Å². The zero-order valence-corrected chi connectivity index (χ0v) is 11.3. The van der Waals surface area contributed by atoms with Crippen LogP contribution in [0.2, 0.25) is 0 Å². The van der Waals surface area contributed by atoms with Crippen molar-refractivity contribution in [2.45, 2.75) is 45.4 Å². The van der Waals surface area contributed by atoms with Gasteiger partial charge in [0.15, 0.2) is 11.9 Å². The molecular weight excluding hydrogens is 252 g/mol. The Morgan fingerprint density at radius 3 is 2.89 bits per heavy atom. The van der Waals surface area contributed by atoms with Crippen molar-refractivity contribution in [1.29, 1.82) is 0 Å². The van der Waals surface area contributed by atoms with Gasteiger partial charge in [0.25, 0.3) is 5.88 Å². The van der Waals surface area contributed by atoms with Gasteiger partial charge >= 0.3 is 5.97 Å². The van der Waals surface area contributed by atoms with Gasteiger partial charge in [-0.05, 0) is 33.6 Å². The van der Waals surface area contributed by atoms with Crippen LogP contribution in [0.4, 0.5) is 5.88 Å². The molecule has 106 valence electrons. The predicted molar refractivity (Wildman–Crippen MR) is 64.9 cm³/mol. The summed E-state index contributed by atoms with van der Waals surface area (Å²) < 4.78 is 15.4. The van der Waals surface area contributed by atoms with Crippen LogP contribution < -0.4 is 5.06 Å². The molecule has 1 aromatic rings. The summed E-state index contributed by atoms with van der Waals surface area (Å²) in [5.41, 5.74) is -0.592. The molecule has 1 aliphatic heterocycles. The molecule has 1 saturated heterocycles. The molecule has 7 nitrogen and oxygen atoms in total. The number of hydroxylamine groups is 1. The topological polar surface area (TPSA) is 85.0 Å². The number of hydrogen-bond donors (Lipinski definition) is 1. The molecule has 0 bridgehead atoms. The lowest BCUT2D eigenvalue weighted by Gasteiger charge is -2.19. The van der Waals surface area contributed by atoms with Crippen LogP contribution >= 0.6 is 0 Å². The molecule has 1 atom stereocenters. The molecule has 1 unspecified atom stereocenters. The summed E-state index contributed by atoms with van der Waals surface area (Å²) in [4.78, 5) is 11.7. The van der Waals surface area contributed by atoms with Crippen molar-refractivity contribution in [3.63, 3.8) is 0 Å². The number of hydrogen-bond acceptors (Lipinski definition) is 7. The monoisotopic (exact) mass is 270 g/mol. The molecule has 1 fully saturated rings. The first kappa shape index (κ1) is 13.8. The van der Waals surface area contributed by atoms with E-state index < -0.39 is 17.8 Å². The van der Waals surface area contributed by atoms with Crippen molar-refractivity contribution in [3.8, 4) is 0 Å². The van der Waals surface area contributed by atoms with Gasteiger partial charge in [0.1, 0.15) is 5.60 Å². The minimum Gasteiger partial charge on any atom is -0.455 e. The quantitative estimate of drug-likeness (QED) is 0.663. The van der Waals surface area contributed by atoms with Crippen molar-refractivity contribution in [3.05, 3.63) is 11.8 Å². The van der Waals surface area contributed by atoms with Crippen LogP contribution in [0, 0.1) is 0 Å². The fourth-order valence-electron chi connectivity index (χ4n) is 1.70. The third-order valence-corrected chi connectivity index (χ3v) is 2.51. The highest BCUT2D eigenvalue weighted by atomic mass is 16.6. The van der Waals surface area contributed by atoms with Gasteiger partial charge in [-0.1, -0.05) is 5.16 Å². The lowest BCUT2D eigenvalue weighted by molar-refractivity contribution is 0.00584. The van der Waals surface area contributed by atoms with Crippen molar-refractivity contribution < 1.29 is 24.0 Å². The Balaban J connectivity index is 2.04. The highest BCUT2D eigenvalue weighted by Gasteiger charge is 2.27. The summed E-state index contributed by atoms with van der Waals surface area (Å²) in [6.45, 7) is 5.87. The largest absolute Gasteiger partial charge is 0.455 e. The maximum absolute atomic E-state index is 11.7. The SMILES string of the molecule is CC(C)(C)OC(=O)c1cc(N(O)C2CCCO2)on1. The summed E-state index contributed by atoms with van der Waals surface area (Å²) in [5, 5.41) is 14.3. The lowest BCUT2D eigenvalue weighted by atomic mass is 10.2. The predicted octanol–water partition coefficient (Wildman–Crippen LogP) is 1.96. The first-order valence-electron chi connectivity index (χ1n) is 6.16. The third-order valence-electron chi connectivity index (χ3n) is 2.51. The summed E-state index contributed by atoms with van der Waals surface area (Å²) in [6, 6.07) is 1.33. The zero-order valence-electron chi connectivity index (χ0n) is 11.3. The van der Waals surface area contributed by atoms with E-state index in [1.807, 2.05) is 0 Å². The van der Waals surface area contributed by atoms with Crippen LogP contribution in [-0.2, 0) is 9.47 Å². The van der Waals surface area contributed by atoms with Crippen LogP contribution in [0.25, 0.3) is 0 Å². The van der Waals surface area contributed by atoms with Crippen LogP contribution in [0.1, 0.15) is 44.1 Å². The van der Waals surface area contributed by atoms with Gasteiger partial charge in [0, 0.05) is 12.7 Å². The first-order chi connectivity index (χ1) is 8.87. The molecule has 1 aromatic heterocycles. The fraction of sp³-hybridized carbons (Fsp3) is 0.667. The van der Waals surface area contributed by atoms with Gasteiger partial charge in [-0.15, -0.1) is 0 Å². The van der Waals surface area contributed by atoms with E-state index in [1.54, 1.807) is 20.8 Å². The van der Waals surface area contributed by atoms with Crippen LogP contribution in [0.5, 0.6) is 0 Å². The number of carbonyl (C=O) groups excluding carboxylic acids is 1. The fourth-order valence-corrected chi connectivity index (χ4v) is 1.70. The molecule has 0 aromatic carbocycles. The average Bonchev–Trinajstić information content (AvgIpc) is 2.98. The van der Waals surface area contributed by atoms with E-state index in [9.17, 15) is 10.0 Å². The van der Waals surface area contributed by atoms with E-state index in [1.165, 1.54) is 6.07 Å². The van der Waals surface area contributed by atoms with Gasteiger partial charge in [-0.25, -0.2) is 4.79 Å². The van der Waals surface area contributed by atoms with Gasteiger partial charge in [-0.2, -0.15) is 5.06 Å². The highest BCUT2D eigenvalue weighted by Crippen LogP contribution is 2.23.